The van der Waals surface area contributed by atoms with Crippen molar-refractivity contribution in [3.63, 3.8) is 0 Å². The van der Waals surface area contributed by atoms with Gasteiger partial charge in [0, 0.05) is 37.8 Å². The molecule has 64 heavy (non-hydrogen) atoms. The summed E-state index contributed by atoms with van der Waals surface area (Å²) in [5, 5.41) is 29.6. The number of para-hydroxylation sites is 1. The van der Waals surface area contributed by atoms with Crippen molar-refractivity contribution in [1.29, 1.82) is 0 Å². The summed E-state index contributed by atoms with van der Waals surface area (Å²) in [6.45, 7) is 9.19. The van der Waals surface area contributed by atoms with Crippen molar-refractivity contribution < 1.29 is 43.6 Å². The Labute approximate surface area is 373 Å². The smallest absolute Gasteiger partial charge is 0.319 e. The van der Waals surface area contributed by atoms with Crippen LogP contribution in [-0.2, 0) is 19.2 Å². The first-order valence-electron chi connectivity index (χ1n) is 22.1. The van der Waals surface area contributed by atoms with Gasteiger partial charge in [-0.2, -0.15) is 0 Å². The Kier molecular flexibility index (Phi) is 18.0. The van der Waals surface area contributed by atoms with Crippen molar-refractivity contribution in [2.75, 3.05) is 54.8 Å². The molecule has 2 aromatic carbocycles. The van der Waals surface area contributed by atoms with Crippen molar-refractivity contribution in [3.05, 3.63) is 60.5 Å². The molecule has 19 heteroatoms. The van der Waals surface area contributed by atoms with E-state index in [2.05, 4.69) is 31.2 Å². The first kappa shape index (κ1) is 48.9. The number of fused-ring (bicyclic) bond motifs is 1. The standard InChI is InChI=1S/C23H34FN5O4.C22H29N5O4/c1-15(2)21(22(31)29(14-20(30)27-33)13-16-6-5-7-16)26-23(32)25-18-12-17(24)8-9-19(18)28-10-3-4-11-28;1-14(2)19(21(29)27(13-18(28)26-31)12-15-6-3-7-15)25-22(30)24-17-10-4-8-16-9-5-11-23-20(16)17/h8-9,12,15-16,21,33H,3-7,10-11,13-14H2,1-2H3,(H,27,30)(H2,25,26,32);4-5,8-11,14-15,19,31H,3,6-7,12-13H2,1-2H3,(H,26,28)(H2,24,25,30)/t21-;19-/m00/s1. The molecule has 0 unspecified atom stereocenters. The number of rotatable bonds is 17. The third kappa shape index (κ3) is 13.7. The Morgan fingerprint density at radius 3 is 1.67 bits per heavy atom. The molecule has 8 N–H and O–H groups in total. The van der Waals surface area contributed by atoms with E-state index in [4.69, 9.17) is 10.4 Å². The van der Waals surface area contributed by atoms with Crippen LogP contribution in [0, 0.1) is 29.5 Å². The van der Waals surface area contributed by atoms with E-state index in [0.29, 0.717) is 41.8 Å². The van der Waals surface area contributed by atoms with Crippen molar-refractivity contribution in [3.8, 4) is 0 Å². The zero-order chi connectivity index (χ0) is 46.3. The Balaban J connectivity index is 0.000000241. The SMILES string of the molecule is CC(C)[C@H](NC(=O)Nc1cc(F)ccc1N1CCCC1)C(=O)N(CC(=O)NO)CC1CCC1.CC(C)[C@H](NC(=O)Nc1cccc2cccnc12)C(=O)N(CC(=O)NO)CC1CCC1. The van der Waals surface area contributed by atoms with Crippen LogP contribution in [0.4, 0.5) is 31.0 Å². The lowest BCUT2D eigenvalue weighted by molar-refractivity contribution is -0.142. The zero-order valence-corrected chi connectivity index (χ0v) is 37.1. The number of benzene rings is 2. The monoisotopic (exact) mass is 890 g/mol. The number of halogens is 1. The van der Waals surface area contributed by atoms with Crippen LogP contribution >= 0.6 is 0 Å². The second-order valence-corrected chi connectivity index (χ2v) is 17.5. The Morgan fingerprint density at radius 1 is 0.703 bits per heavy atom. The van der Waals surface area contributed by atoms with Gasteiger partial charge >= 0.3 is 12.1 Å². The van der Waals surface area contributed by atoms with Crippen LogP contribution < -0.4 is 37.1 Å². The number of nitrogens with zero attached hydrogens (tertiary/aromatic N) is 4. The highest BCUT2D eigenvalue weighted by Crippen LogP contribution is 2.31. The molecule has 3 aliphatic rings. The van der Waals surface area contributed by atoms with Crippen LogP contribution in [0.25, 0.3) is 10.9 Å². The van der Waals surface area contributed by atoms with Gasteiger partial charge in [-0.15, -0.1) is 0 Å². The summed E-state index contributed by atoms with van der Waals surface area (Å²) in [5.74, 6) is -2.39. The number of carbonyl (C=O) groups excluding carboxylic acids is 6. The minimum Gasteiger partial charge on any atom is -0.370 e. The van der Waals surface area contributed by atoms with E-state index in [1.54, 1.807) is 43.1 Å². The molecule has 1 aromatic heterocycles. The molecule has 348 valence electrons. The lowest BCUT2D eigenvalue weighted by atomic mass is 9.85. The number of hydroxylamine groups is 2. The van der Waals surface area contributed by atoms with Gasteiger partial charge in [0.2, 0.25) is 11.8 Å². The largest absolute Gasteiger partial charge is 0.370 e. The van der Waals surface area contributed by atoms with Crippen molar-refractivity contribution in [2.24, 2.45) is 23.7 Å². The van der Waals surface area contributed by atoms with E-state index in [1.807, 2.05) is 38.1 Å². The van der Waals surface area contributed by atoms with Crippen LogP contribution in [0.1, 0.15) is 79.1 Å². The molecule has 3 aromatic rings. The fraction of sp³-hybridized carbons (Fsp3) is 0.533. The predicted molar refractivity (Wildman–Crippen MR) is 239 cm³/mol. The molecule has 6 rings (SSSR count). The number of amides is 8. The first-order chi connectivity index (χ1) is 30.7. The van der Waals surface area contributed by atoms with Gasteiger partial charge in [-0.25, -0.2) is 24.9 Å². The molecular weight excluding hydrogens is 828 g/mol. The summed E-state index contributed by atoms with van der Waals surface area (Å²) < 4.78 is 13.9. The molecule has 2 aliphatic carbocycles. The lowest BCUT2D eigenvalue weighted by Crippen LogP contribution is -2.55. The average molecular weight is 891 g/mol. The van der Waals surface area contributed by atoms with Gasteiger partial charge in [0.15, 0.2) is 0 Å². The normalized spacial score (nSPS) is 15.7. The zero-order valence-electron chi connectivity index (χ0n) is 37.1. The fourth-order valence-electron chi connectivity index (χ4n) is 7.92. The number of nitrogens with one attached hydrogen (secondary N) is 6. The summed E-state index contributed by atoms with van der Waals surface area (Å²) >= 11 is 0. The molecule has 1 aliphatic heterocycles. The first-order valence-corrected chi connectivity index (χ1v) is 22.1. The quantitative estimate of drug-likeness (QED) is 0.0650. The highest BCUT2D eigenvalue weighted by atomic mass is 19.1. The van der Waals surface area contributed by atoms with Gasteiger partial charge in [-0.3, -0.25) is 34.6 Å². The van der Waals surface area contributed by atoms with E-state index in [-0.39, 0.29) is 30.8 Å². The second kappa shape index (κ2) is 23.6. The maximum Gasteiger partial charge on any atom is 0.319 e. The minimum atomic E-state index is -0.889. The van der Waals surface area contributed by atoms with Crippen LogP contribution in [0.3, 0.4) is 0 Å². The van der Waals surface area contributed by atoms with Gasteiger partial charge in [-0.05, 0) is 92.5 Å². The van der Waals surface area contributed by atoms with E-state index < -0.39 is 47.7 Å². The molecule has 2 atom stereocenters. The summed E-state index contributed by atoms with van der Waals surface area (Å²) in [6.07, 6.45) is 9.85. The Morgan fingerprint density at radius 2 is 1.20 bits per heavy atom. The number of hydrogen-bond acceptors (Lipinski definition) is 10. The number of carbonyl (C=O) groups is 6. The third-order valence-electron chi connectivity index (χ3n) is 11.9. The molecule has 0 radical (unpaired) electrons. The molecule has 8 amide bonds. The number of anilines is 3. The van der Waals surface area contributed by atoms with Crippen molar-refractivity contribution in [2.45, 2.75) is 91.1 Å². The lowest BCUT2D eigenvalue weighted by Gasteiger charge is -2.35. The Hall–Kier alpha value is -6.08. The second-order valence-electron chi connectivity index (χ2n) is 17.5. The Bertz CT molecular complexity index is 2090. The van der Waals surface area contributed by atoms with Crippen LogP contribution in [0.5, 0.6) is 0 Å². The van der Waals surface area contributed by atoms with Crippen LogP contribution in [0.15, 0.2) is 54.7 Å². The molecule has 2 heterocycles. The topological polar surface area (TPSA) is 238 Å². The maximum atomic E-state index is 13.9. The summed E-state index contributed by atoms with van der Waals surface area (Å²) in [6, 6.07) is 10.6. The predicted octanol–water partition coefficient (Wildman–Crippen LogP) is 5.22. The van der Waals surface area contributed by atoms with Crippen LogP contribution in [0.2, 0.25) is 0 Å². The highest BCUT2D eigenvalue weighted by Gasteiger charge is 2.34. The minimum absolute atomic E-state index is 0.204. The maximum absolute atomic E-state index is 13.9. The van der Waals surface area contributed by atoms with Crippen molar-refractivity contribution in [1.82, 2.24) is 36.4 Å². The molecule has 0 spiro atoms. The summed E-state index contributed by atoms with van der Waals surface area (Å²) in [4.78, 5) is 84.8. The summed E-state index contributed by atoms with van der Waals surface area (Å²) in [7, 11) is 0. The number of hydrogen-bond donors (Lipinski definition) is 8. The highest BCUT2D eigenvalue weighted by molar-refractivity contribution is 6.01. The van der Waals surface area contributed by atoms with E-state index in [9.17, 15) is 33.2 Å². The molecule has 0 bridgehead atoms. The van der Waals surface area contributed by atoms with Gasteiger partial charge in [0.05, 0.1) is 22.6 Å². The number of aromatic nitrogens is 1. The van der Waals surface area contributed by atoms with Crippen molar-refractivity contribution >= 4 is 63.7 Å². The summed E-state index contributed by atoms with van der Waals surface area (Å²) in [5.41, 5.74) is 5.42. The molecule has 2 saturated carbocycles. The molecule has 3 fully saturated rings. The van der Waals surface area contributed by atoms with E-state index >= 15 is 0 Å². The average Bonchev–Trinajstić information content (AvgIpc) is 3.78. The van der Waals surface area contributed by atoms with Gasteiger partial charge in [0.1, 0.15) is 31.0 Å². The molecule has 1 saturated heterocycles. The van der Waals surface area contributed by atoms with E-state index in [0.717, 1.165) is 75.5 Å². The third-order valence-corrected chi connectivity index (χ3v) is 11.9. The molecular formula is C45H63FN10O8. The van der Waals surface area contributed by atoms with Gasteiger partial charge in [0.25, 0.3) is 11.8 Å². The van der Waals surface area contributed by atoms with E-state index in [1.165, 1.54) is 21.9 Å². The van der Waals surface area contributed by atoms with Gasteiger partial charge in [-0.1, -0.05) is 58.7 Å². The molecule has 18 nitrogen and oxygen atoms in total. The fourth-order valence-corrected chi connectivity index (χ4v) is 7.92. The number of urea groups is 2. The van der Waals surface area contributed by atoms with Crippen LogP contribution in [-0.4, -0.2) is 112 Å². The van der Waals surface area contributed by atoms with Gasteiger partial charge < -0.3 is 36.0 Å². The number of pyridine rings is 1.